The van der Waals surface area contributed by atoms with Crippen LogP contribution in [0, 0.1) is 36.5 Å². The van der Waals surface area contributed by atoms with E-state index < -0.39 is 0 Å². The zero-order chi connectivity index (χ0) is 20.5. The van der Waals surface area contributed by atoms with Crippen molar-refractivity contribution in [3.63, 3.8) is 0 Å². The fraction of sp³-hybridized carbons (Fsp3) is 0.643. The monoisotopic (exact) mass is 380 g/mol. The smallest absolute Gasteiger partial charge is 0.00817 e. The highest BCUT2D eigenvalue weighted by molar-refractivity contribution is 5.25. The number of hydrogen-bond donors (Lipinski definition) is 0. The molecule has 0 amide bonds. The Morgan fingerprint density at radius 3 is 2.07 bits per heavy atom. The van der Waals surface area contributed by atoms with Gasteiger partial charge in [-0.25, -0.2) is 0 Å². The highest BCUT2D eigenvalue weighted by Crippen LogP contribution is 2.36. The fourth-order valence-electron chi connectivity index (χ4n) is 4.28. The quantitative estimate of drug-likeness (QED) is 0.376. The lowest BCUT2D eigenvalue weighted by molar-refractivity contribution is 0.375. The molecule has 0 radical (unpaired) electrons. The number of hydrogen-bond acceptors (Lipinski definition) is 0. The van der Waals surface area contributed by atoms with Crippen molar-refractivity contribution in [2.75, 3.05) is 0 Å². The molecule has 1 aliphatic rings. The molecule has 0 saturated heterocycles. The minimum absolute atomic E-state index is 0.551. The van der Waals surface area contributed by atoms with E-state index >= 15 is 0 Å². The first-order valence-electron chi connectivity index (χ1n) is 11.8. The van der Waals surface area contributed by atoms with Gasteiger partial charge in [-0.15, -0.1) is 0 Å². The largest absolute Gasteiger partial charge is 0.0848 e. The summed E-state index contributed by atoms with van der Waals surface area (Å²) in [6, 6.07) is 9.21. The molecule has 1 saturated carbocycles. The second-order valence-corrected chi connectivity index (χ2v) is 9.96. The van der Waals surface area contributed by atoms with Crippen molar-refractivity contribution in [3.05, 3.63) is 59.7 Å². The lowest BCUT2D eigenvalue weighted by Crippen LogP contribution is -2.12. The van der Waals surface area contributed by atoms with E-state index in [1.807, 2.05) is 0 Å². The minimum atomic E-state index is 0.551. The summed E-state index contributed by atoms with van der Waals surface area (Å²) in [5.74, 6) is 4.39. The van der Waals surface area contributed by atoms with Crippen LogP contribution in [0.25, 0.3) is 0 Å². The molecule has 1 aromatic carbocycles. The van der Waals surface area contributed by atoms with Gasteiger partial charge in [0.15, 0.2) is 0 Å². The average molecular weight is 381 g/mol. The van der Waals surface area contributed by atoms with E-state index in [1.54, 1.807) is 5.56 Å². The zero-order valence-corrected chi connectivity index (χ0v) is 19.3. The molecule has 28 heavy (non-hydrogen) atoms. The third kappa shape index (κ3) is 7.98. The maximum absolute atomic E-state index is 2.51. The molecule has 0 nitrogen and oxygen atoms in total. The van der Waals surface area contributed by atoms with Crippen LogP contribution in [0.2, 0.25) is 0 Å². The van der Waals surface area contributed by atoms with Gasteiger partial charge in [-0.05, 0) is 80.1 Å². The average Bonchev–Trinajstić information content (AvgIpc) is 2.69. The molecule has 2 rings (SSSR count). The summed E-state index contributed by atoms with van der Waals surface area (Å²) in [5, 5.41) is 0. The normalized spacial score (nSPS) is 24.1. The SMILES string of the molecule is Cc1ccc(C2CCC(/C=C/C(C)/C=C\C(C)C(C)CCC(C)C)CC2)cc1. The van der Waals surface area contributed by atoms with Crippen molar-refractivity contribution in [2.45, 2.75) is 86.0 Å². The zero-order valence-electron chi connectivity index (χ0n) is 19.3. The van der Waals surface area contributed by atoms with Gasteiger partial charge in [-0.2, -0.15) is 0 Å². The van der Waals surface area contributed by atoms with E-state index in [0.717, 1.165) is 23.7 Å². The number of rotatable bonds is 9. The standard InChI is InChI=1S/C28H44/c1-21(2)7-12-24(5)25(6)13-8-22(3)9-14-26-15-19-28(20-16-26)27-17-10-23(4)11-18-27/h8-11,13-14,17-18,21-22,24-26,28H,7,12,15-16,19-20H2,1-6H3/b13-8-,14-9+. The Balaban J connectivity index is 1.74. The Morgan fingerprint density at radius 2 is 1.46 bits per heavy atom. The van der Waals surface area contributed by atoms with Crippen LogP contribution in [0.15, 0.2) is 48.6 Å². The van der Waals surface area contributed by atoms with Gasteiger partial charge in [-0.1, -0.05) is 95.2 Å². The Hall–Kier alpha value is -1.30. The van der Waals surface area contributed by atoms with E-state index in [0.29, 0.717) is 11.8 Å². The first kappa shape index (κ1) is 23.0. The number of allylic oxidation sites excluding steroid dienone is 4. The van der Waals surface area contributed by atoms with Gasteiger partial charge >= 0.3 is 0 Å². The second-order valence-electron chi connectivity index (χ2n) is 9.96. The predicted molar refractivity (Wildman–Crippen MR) is 126 cm³/mol. The van der Waals surface area contributed by atoms with Crippen LogP contribution in [0.3, 0.4) is 0 Å². The van der Waals surface area contributed by atoms with Crippen molar-refractivity contribution in [2.24, 2.45) is 29.6 Å². The first-order valence-corrected chi connectivity index (χ1v) is 11.8. The Kier molecular flexibility index (Phi) is 9.56. The van der Waals surface area contributed by atoms with Gasteiger partial charge in [0.2, 0.25) is 0 Å². The molecule has 3 unspecified atom stereocenters. The van der Waals surface area contributed by atoms with E-state index in [2.05, 4.69) is 90.1 Å². The molecule has 1 aromatic rings. The van der Waals surface area contributed by atoms with Gasteiger partial charge in [0.1, 0.15) is 0 Å². The summed E-state index contributed by atoms with van der Waals surface area (Å²) in [7, 11) is 0. The lowest BCUT2D eigenvalue weighted by atomic mass is 9.78. The summed E-state index contributed by atoms with van der Waals surface area (Å²) < 4.78 is 0. The molecule has 0 bridgehead atoms. The van der Waals surface area contributed by atoms with E-state index in [4.69, 9.17) is 0 Å². The topological polar surface area (TPSA) is 0 Å². The maximum atomic E-state index is 2.51. The molecule has 0 aliphatic heterocycles. The Morgan fingerprint density at radius 1 is 0.821 bits per heavy atom. The third-order valence-electron chi connectivity index (χ3n) is 6.82. The molecule has 0 aromatic heterocycles. The van der Waals surface area contributed by atoms with E-state index in [1.165, 1.54) is 44.1 Å². The molecular weight excluding hydrogens is 336 g/mol. The molecule has 0 heteroatoms. The van der Waals surface area contributed by atoms with Crippen molar-refractivity contribution >= 4 is 0 Å². The van der Waals surface area contributed by atoms with E-state index in [9.17, 15) is 0 Å². The lowest BCUT2D eigenvalue weighted by Gasteiger charge is -2.27. The number of benzene rings is 1. The van der Waals surface area contributed by atoms with Crippen LogP contribution in [-0.4, -0.2) is 0 Å². The minimum Gasteiger partial charge on any atom is -0.0848 e. The maximum Gasteiger partial charge on any atom is -0.00817 e. The summed E-state index contributed by atoms with van der Waals surface area (Å²) >= 11 is 0. The van der Waals surface area contributed by atoms with Crippen LogP contribution in [0.4, 0.5) is 0 Å². The molecule has 1 aliphatic carbocycles. The first-order chi connectivity index (χ1) is 13.3. The Bertz CT molecular complexity index is 595. The highest BCUT2D eigenvalue weighted by atomic mass is 14.3. The van der Waals surface area contributed by atoms with Crippen LogP contribution >= 0.6 is 0 Å². The van der Waals surface area contributed by atoms with Gasteiger partial charge in [-0.3, -0.25) is 0 Å². The van der Waals surface area contributed by atoms with Crippen LogP contribution < -0.4 is 0 Å². The molecule has 0 spiro atoms. The fourth-order valence-corrected chi connectivity index (χ4v) is 4.28. The van der Waals surface area contributed by atoms with Crippen LogP contribution in [-0.2, 0) is 0 Å². The molecule has 156 valence electrons. The van der Waals surface area contributed by atoms with Crippen LogP contribution in [0.5, 0.6) is 0 Å². The van der Waals surface area contributed by atoms with Crippen molar-refractivity contribution in [1.29, 1.82) is 0 Å². The van der Waals surface area contributed by atoms with E-state index in [-0.39, 0.29) is 0 Å². The molecule has 1 fully saturated rings. The number of aryl methyl sites for hydroxylation is 1. The molecule has 3 atom stereocenters. The predicted octanol–water partition coefficient (Wildman–Crippen LogP) is 8.73. The van der Waals surface area contributed by atoms with Crippen molar-refractivity contribution in [3.8, 4) is 0 Å². The van der Waals surface area contributed by atoms with Gasteiger partial charge in [0.25, 0.3) is 0 Å². The summed E-state index contributed by atoms with van der Waals surface area (Å²) in [5.41, 5.74) is 2.91. The van der Waals surface area contributed by atoms with Crippen molar-refractivity contribution in [1.82, 2.24) is 0 Å². The van der Waals surface area contributed by atoms with Gasteiger partial charge in [0.05, 0.1) is 0 Å². The van der Waals surface area contributed by atoms with Crippen molar-refractivity contribution < 1.29 is 0 Å². The van der Waals surface area contributed by atoms with Crippen LogP contribution in [0.1, 0.15) is 90.2 Å². The van der Waals surface area contributed by atoms with Gasteiger partial charge < -0.3 is 0 Å². The van der Waals surface area contributed by atoms with Gasteiger partial charge in [0, 0.05) is 0 Å². The summed E-state index contributed by atoms with van der Waals surface area (Å²) in [6.45, 7) is 13.9. The molecular formula is C28H44. The highest BCUT2D eigenvalue weighted by Gasteiger charge is 2.20. The summed E-state index contributed by atoms with van der Waals surface area (Å²) in [6.07, 6.45) is 17.9. The summed E-state index contributed by atoms with van der Waals surface area (Å²) in [4.78, 5) is 0. The molecule has 0 heterocycles. The molecule has 0 N–H and O–H groups in total. The Labute approximate surface area is 175 Å². The second kappa shape index (κ2) is 11.6. The third-order valence-corrected chi connectivity index (χ3v) is 6.82.